The summed E-state index contributed by atoms with van der Waals surface area (Å²) in [6.07, 6.45) is 5.37. The van der Waals surface area contributed by atoms with Crippen molar-refractivity contribution in [3.63, 3.8) is 0 Å². The molecule has 4 heterocycles. The molecular weight excluding hydrogens is 410 g/mol. The van der Waals surface area contributed by atoms with Crippen molar-refractivity contribution in [2.24, 2.45) is 7.05 Å². The summed E-state index contributed by atoms with van der Waals surface area (Å²) in [4.78, 5) is 20.0. The normalized spacial score (nSPS) is 13.6. The van der Waals surface area contributed by atoms with Crippen LogP contribution in [0.25, 0.3) is 0 Å². The molecule has 0 unspecified atom stereocenters. The van der Waals surface area contributed by atoms with Gasteiger partial charge in [0.25, 0.3) is 0 Å². The summed E-state index contributed by atoms with van der Waals surface area (Å²) in [5, 5.41) is 0.906. The van der Waals surface area contributed by atoms with Gasteiger partial charge in [-0.05, 0) is 26.8 Å². The largest absolute Gasteiger partial charge is 0.378 e. The van der Waals surface area contributed by atoms with Crippen LogP contribution in [0.2, 0.25) is 0 Å². The smallest absolute Gasteiger partial charge is 0.148 e. The Labute approximate surface area is 186 Å². The Balaban J connectivity index is 1.56. The number of hydrogen-bond donors (Lipinski definition) is 1. The van der Waals surface area contributed by atoms with Crippen molar-refractivity contribution in [1.82, 2.24) is 24.5 Å². The van der Waals surface area contributed by atoms with Crippen LogP contribution in [-0.2, 0) is 11.8 Å². The molecular formula is C22H25N7OS. The summed E-state index contributed by atoms with van der Waals surface area (Å²) >= 11 is 1.46. The van der Waals surface area contributed by atoms with Gasteiger partial charge in [0.2, 0.25) is 0 Å². The monoisotopic (exact) mass is 435 g/mol. The molecule has 1 fully saturated rings. The van der Waals surface area contributed by atoms with Crippen LogP contribution in [-0.4, -0.2) is 50.8 Å². The van der Waals surface area contributed by atoms with Gasteiger partial charge < -0.3 is 18.9 Å². The minimum Gasteiger partial charge on any atom is -0.378 e. The lowest BCUT2D eigenvalue weighted by atomic mass is 10.1. The first-order valence-corrected chi connectivity index (χ1v) is 10.9. The molecule has 0 atom stereocenters. The molecule has 160 valence electrons. The Morgan fingerprint density at radius 2 is 1.87 bits per heavy atom. The molecule has 31 heavy (non-hydrogen) atoms. The molecule has 1 N–H and O–H groups in total. The van der Waals surface area contributed by atoms with Gasteiger partial charge in [-0.2, -0.15) is 0 Å². The summed E-state index contributed by atoms with van der Waals surface area (Å²) in [5.74, 6) is 8.35. The number of anilines is 2. The highest BCUT2D eigenvalue weighted by Crippen LogP contribution is 2.23. The summed E-state index contributed by atoms with van der Waals surface area (Å²) in [6, 6.07) is 2.01. The predicted molar refractivity (Wildman–Crippen MR) is 122 cm³/mol. The van der Waals surface area contributed by atoms with Crippen molar-refractivity contribution in [2.75, 3.05) is 35.9 Å². The number of morpholine rings is 1. The van der Waals surface area contributed by atoms with Gasteiger partial charge in [0.05, 0.1) is 35.9 Å². The highest BCUT2D eigenvalue weighted by molar-refractivity contribution is 8.00. The summed E-state index contributed by atoms with van der Waals surface area (Å²) < 4.78 is 10.8. The number of imidazole rings is 1. The van der Waals surface area contributed by atoms with Crippen LogP contribution in [0, 0.1) is 32.6 Å². The average Bonchev–Trinajstić information content (AvgIpc) is 3.10. The first-order chi connectivity index (χ1) is 15.0. The number of aromatic nitrogens is 5. The molecule has 8 nitrogen and oxygen atoms in total. The molecule has 0 aliphatic carbocycles. The Hall–Kier alpha value is -3.09. The maximum atomic E-state index is 5.46. The van der Waals surface area contributed by atoms with Crippen LogP contribution in [0.1, 0.15) is 28.3 Å². The van der Waals surface area contributed by atoms with Crippen LogP contribution in [0.4, 0.5) is 11.5 Å². The number of nitrogens with one attached hydrogen (secondary N) is 1. The van der Waals surface area contributed by atoms with Crippen molar-refractivity contribution >= 4 is 23.5 Å². The second-order valence-electron chi connectivity index (χ2n) is 7.31. The van der Waals surface area contributed by atoms with Crippen molar-refractivity contribution in [2.45, 2.75) is 25.8 Å². The first kappa shape index (κ1) is 21.2. The fourth-order valence-corrected chi connectivity index (χ4v) is 3.95. The molecule has 1 aliphatic heterocycles. The standard InChI is InChI=1S/C22H25N7OS/c1-15-19(22(25-14-24-15)29-7-9-30-10-8-29)6-5-18-11-20(16(2)23-12-18)27-31-21-13-28(4)17(3)26-21/h11-14,27H,7-10H2,1-4H3. The Bertz CT molecular complexity index is 1120. The molecule has 1 aliphatic rings. The van der Waals surface area contributed by atoms with E-state index in [4.69, 9.17) is 4.74 Å². The third-order valence-electron chi connectivity index (χ3n) is 5.10. The minimum atomic E-state index is 0.695. The van der Waals surface area contributed by atoms with Crippen molar-refractivity contribution < 1.29 is 4.74 Å². The second-order valence-corrected chi connectivity index (χ2v) is 8.13. The highest BCUT2D eigenvalue weighted by Gasteiger charge is 2.17. The number of rotatable bonds is 4. The lowest BCUT2D eigenvalue weighted by Crippen LogP contribution is -2.37. The Morgan fingerprint density at radius 3 is 2.61 bits per heavy atom. The third-order valence-corrected chi connectivity index (χ3v) is 5.83. The van der Waals surface area contributed by atoms with Gasteiger partial charge in [-0.25, -0.2) is 15.0 Å². The van der Waals surface area contributed by atoms with Crippen LogP contribution >= 0.6 is 11.9 Å². The van der Waals surface area contributed by atoms with Crippen LogP contribution in [0.15, 0.2) is 29.8 Å². The van der Waals surface area contributed by atoms with Gasteiger partial charge in [0.1, 0.15) is 23.0 Å². The Kier molecular flexibility index (Phi) is 6.39. The number of aryl methyl sites for hydroxylation is 4. The number of nitrogens with zero attached hydrogens (tertiary/aromatic N) is 6. The molecule has 9 heteroatoms. The van der Waals surface area contributed by atoms with Gasteiger partial charge in [-0.15, -0.1) is 0 Å². The zero-order valence-electron chi connectivity index (χ0n) is 18.1. The molecule has 4 rings (SSSR count). The fourth-order valence-electron chi connectivity index (χ4n) is 3.14. The molecule has 3 aromatic rings. The number of hydrogen-bond acceptors (Lipinski definition) is 8. The average molecular weight is 436 g/mol. The van der Waals surface area contributed by atoms with E-state index in [1.54, 1.807) is 12.5 Å². The van der Waals surface area contributed by atoms with E-state index in [0.717, 1.165) is 58.0 Å². The second kappa shape index (κ2) is 9.37. The lowest BCUT2D eigenvalue weighted by molar-refractivity contribution is 0.122. The quantitative estimate of drug-likeness (QED) is 0.495. The van der Waals surface area contributed by atoms with Gasteiger partial charge in [0, 0.05) is 50.0 Å². The van der Waals surface area contributed by atoms with E-state index < -0.39 is 0 Å². The lowest BCUT2D eigenvalue weighted by Gasteiger charge is -2.28. The molecule has 0 radical (unpaired) electrons. The molecule has 0 bridgehead atoms. The molecule has 0 amide bonds. The zero-order chi connectivity index (χ0) is 21.8. The molecule has 0 saturated carbocycles. The maximum Gasteiger partial charge on any atom is 0.148 e. The van der Waals surface area contributed by atoms with E-state index in [9.17, 15) is 0 Å². The van der Waals surface area contributed by atoms with Gasteiger partial charge >= 0.3 is 0 Å². The zero-order valence-corrected chi connectivity index (χ0v) is 19.0. The Morgan fingerprint density at radius 1 is 1.06 bits per heavy atom. The van der Waals surface area contributed by atoms with Crippen molar-refractivity contribution in [3.8, 4) is 11.8 Å². The van der Waals surface area contributed by atoms with E-state index in [2.05, 4.69) is 41.4 Å². The highest BCUT2D eigenvalue weighted by atomic mass is 32.2. The van der Waals surface area contributed by atoms with Crippen LogP contribution in [0.3, 0.4) is 0 Å². The van der Waals surface area contributed by atoms with Crippen LogP contribution in [0.5, 0.6) is 0 Å². The summed E-state index contributed by atoms with van der Waals surface area (Å²) in [6.45, 7) is 8.90. The number of pyridine rings is 1. The molecule has 1 saturated heterocycles. The SMILES string of the molecule is Cc1ncc(C#Cc2c(C)ncnc2N2CCOCC2)cc1NSc1cn(C)c(C)n1. The molecule has 0 aromatic carbocycles. The first-order valence-electron chi connectivity index (χ1n) is 10.1. The third kappa shape index (κ3) is 4.98. The molecule has 3 aromatic heterocycles. The van der Waals surface area contributed by atoms with Gasteiger partial charge in [0.15, 0.2) is 0 Å². The van der Waals surface area contributed by atoms with Gasteiger partial charge in [-0.3, -0.25) is 4.98 Å². The minimum absolute atomic E-state index is 0.695. The van der Waals surface area contributed by atoms with Crippen molar-refractivity contribution in [1.29, 1.82) is 0 Å². The van der Waals surface area contributed by atoms with E-state index >= 15 is 0 Å². The number of ether oxygens (including phenoxy) is 1. The molecule has 0 spiro atoms. The van der Waals surface area contributed by atoms with E-state index in [1.165, 1.54) is 11.9 Å². The predicted octanol–water partition coefficient (Wildman–Crippen LogP) is 2.89. The van der Waals surface area contributed by atoms with E-state index in [-0.39, 0.29) is 0 Å². The van der Waals surface area contributed by atoms with Crippen LogP contribution < -0.4 is 9.62 Å². The van der Waals surface area contributed by atoms with E-state index in [1.807, 2.05) is 44.6 Å². The topological polar surface area (TPSA) is 81.0 Å². The van der Waals surface area contributed by atoms with Crippen molar-refractivity contribution in [3.05, 3.63) is 53.1 Å². The summed E-state index contributed by atoms with van der Waals surface area (Å²) in [7, 11) is 1.98. The maximum absolute atomic E-state index is 5.46. The summed E-state index contributed by atoms with van der Waals surface area (Å²) in [5.41, 5.74) is 4.34. The van der Waals surface area contributed by atoms with Gasteiger partial charge in [-0.1, -0.05) is 11.8 Å². The fraction of sp³-hybridized carbons (Fsp3) is 0.364. The van der Waals surface area contributed by atoms with E-state index in [0.29, 0.717) is 13.2 Å².